The molecule has 1 aromatic rings. The van der Waals surface area contributed by atoms with Crippen LogP contribution in [-0.2, 0) is 6.54 Å². The van der Waals surface area contributed by atoms with E-state index in [9.17, 15) is 0 Å². The highest BCUT2D eigenvalue weighted by atomic mass is 79.9. The smallest absolute Gasteiger partial charge is 0.0375 e. The standard InChI is InChI=1S/C17H30BrN3/c1-14(2)12-19-13-15-7-8-16(11-17(15)18)21(5)10-6-9-20(3)4/h7-8,11,14,19H,6,9-10,12-13H2,1-5H3. The molecule has 0 bridgehead atoms. The molecule has 0 aliphatic heterocycles. The predicted molar refractivity (Wildman–Crippen MR) is 97.1 cm³/mol. The zero-order valence-corrected chi connectivity index (χ0v) is 15.7. The number of halogens is 1. The highest BCUT2D eigenvalue weighted by Crippen LogP contribution is 2.23. The van der Waals surface area contributed by atoms with Crippen LogP contribution in [0.3, 0.4) is 0 Å². The Kier molecular flexibility index (Phi) is 8.30. The summed E-state index contributed by atoms with van der Waals surface area (Å²) in [6.07, 6.45) is 1.18. The van der Waals surface area contributed by atoms with Crippen LogP contribution in [0.5, 0.6) is 0 Å². The first-order valence-corrected chi connectivity index (χ1v) is 8.54. The van der Waals surface area contributed by atoms with Gasteiger partial charge >= 0.3 is 0 Å². The number of rotatable bonds is 9. The number of benzene rings is 1. The fourth-order valence-corrected chi connectivity index (χ4v) is 2.67. The average Bonchev–Trinajstić information content (AvgIpc) is 2.39. The summed E-state index contributed by atoms with van der Waals surface area (Å²) in [5, 5.41) is 3.49. The molecule has 0 saturated carbocycles. The molecule has 1 rings (SSSR count). The molecule has 120 valence electrons. The highest BCUT2D eigenvalue weighted by Gasteiger charge is 2.06. The summed E-state index contributed by atoms with van der Waals surface area (Å²) in [5.41, 5.74) is 2.59. The summed E-state index contributed by atoms with van der Waals surface area (Å²) in [6.45, 7) is 8.64. The molecule has 0 amide bonds. The Morgan fingerprint density at radius 1 is 1.14 bits per heavy atom. The number of hydrogen-bond donors (Lipinski definition) is 1. The van der Waals surface area contributed by atoms with E-state index in [2.05, 4.69) is 84.2 Å². The van der Waals surface area contributed by atoms with E-state index < -0.39 is 0 Å². The monoisotopic (exact) mass is 355 g/mol. The van der Waals surface area contributed by atoms with Crippen LogP contribution in [0, 0.1) is 5.92 Å². The van der Waals surface area contributed by atoms with Crippen LogP contribution < -0.4 is 10.2 Å². The topological polar surface area (TPSA) is 18.5 Å². The molecule has 1 aromatic carbocycles. The molecule has 0 fully saturated rings. The molecule has 4 heteroatoms. The average molecular weight is 356 g/mol. The van der Waals surface area contributed by atoms with Gasteiger partial charge in [0.25, 0.3) is 0 Å². The van der Waals surface area contributed by atoms with E-state index in [1.807, 2.05) is 0 Å². The first kappa shape index (κ1) is 18.5. The van der Waals surface area contributed by atoms with Crippen LogP contribution in [-0.4, -0.2) is 45.7 Å². The van der Waals surface area contributed by atoms with Crippen molar-refractivity contribution >= 4 is 21.6 Å². The van der Waals surface area contributed by atoms with E-state index in [0.717, 1.165) is 26.2 Å². The molecule has 0 aliphatic rings. The number of anilines is 1. The Morgan fingerprint density at radius 2 is 1.86 bits per heavy atom. The van der Waals surface area contributed by atoms with E-state index in [1.54, 1.807) is 0 Å². The quantitative estimate of drug-likeness (QED) is 0.730. The van der Waals surface area contributed by atoms with E-state index in [-0.39, 0.29) is 0 Å². The lowest BCUT2D eigenvalue weighted by molar-refractivity contribution is 0.401. The van der Waals surface area contributed by atoms with E-state index in [4.69, 9.17) is 0 Å². The third kappa shape index (κ3) is 7.30. The van der Waals surface area contributed by atoms with Gasteiger partial charge in [-0.05, 0) is 57.2 Å². The van der Waals surface area contributed by atoms with E-state index >= 15 is 0 Å². The predicted octanol–water partition coefficient (Wildman–Crippen LogP) is 3.58. The Hall–Kier alpha value is -0.580. The number of hydrogen-bond acceptors (Lipinski definition) is 3. The van der Waals surface area contributed by atoms with Crippen molar-refractivity contribution in [1.29, 1.82) is 0 Å². The molecular weight excluding hydrogens is 326 g/mol. The second-order valence-corrected chi connectivity index (χ2v) is 7.23. The van der Waals surface area contributed by atoms with Gasteiger partial charge in [0.2, 0.25) is 0 Å². The Morgan fingerprint density at radius 3 is 2.43 bits per heavy atom. The molecule has 0 atom stereocenters. The summed E-state index contributed by atoms with van der Waals surface area (Å²) in [6, 6.07) is 6.66. The SMILES string of the molecule is CC(C)CNCc1ccc(N(C)CCCN(C)C)cc1Br. The molecule has 0 aromatic heterocycles. The van der Waals surface area contributed by atoms with Gasteiger partial charge in [0, 0.05) is 30.3 Å². The van der Waals surface area contributed by atoms with Crippen molar-refractivity contribution in [2.24, 2.45) is 5.92 Å². The second-order valence-electron chi connectivity index (χ2n) is 6.38. The number of nitrogens with zero attached hydrogens (tertiary/aromatic N) is 2. The molecule has 0 aliphatic carbocycles. The van der Waals surface area contributed by atoms with Crippen molar-refractivity contribution in [2.75, 3.05) is 45.7 Å². The van der Waals surface area contributed by atoms with Crippen LogP contribution in [0.15, 0.2) is 22.7 Å². The summed E-state index contributed by atoms with van der Waals surface area (Å²) in [4.78, 5) is 4.55. The van der Waals surface area contributed by atoms with Gasteiger partial charge in [-0.1, -0.05) is 35.8 Å². The zero-order valence-electron chi connectivity index (χ0n) is 14.1. The maximum absolute atomic E-state index is 3.70. The van der Waals surface area contributed by atoms with Crippen molar-refractivity contribution in [3.8, 4) is 0 Å². The van der Waals surface area contributed by atoms with Gasteiger partial charge in [-0.25, -0.2) is 0 Å². The minimum Gasteiger partial charge on any atom is -0.375 e. The normalized spacial score (nSPS) is 11.4. The summed E-state index contributed by atoms with van der Waals surface area (Å²) < 4.78 is 1.19. The van der Waals surface area contributed by atoms with Crippen molar-refractivity contribution in [3.05, 3.63) is 28.2 Å². The molecule has 3 nitrogen and oxygen atoms in total. The van der Waals surface area contributed by atoms with E-state index in [1.165, 1.54) is 22.1 Å². The molecular formula is C17H30BrN3. The maximum atomic E-state index is 3.70. The van der Waals surface area contributed by atoms with Crippen LogP contribution in [0.25, 0.3) is 0 Å². The van der Waals surface area contributed by atoms with Gasteiger partial charge in [0.15, 0.2) is 0 Å². The van der Waals surface area contributed by atoms with Gasteiger partial charge < -0.3 is 15.1 Å². The Labute approximate surface area is 138 Å². The van der Waals surface area contributed by atoms with Gasteiger partial charge in [-0.15, -0.1) is 0 Å². The first-order valence-electron chi connectivity index (χ1n) is 7.75. The Balaban J connectivity index is 2.52. The molecule has 0 saturated heterocycles. The minimum atomic E-state index is 0.686. The summed E-state index contributed by atoms with van der Waals surface area (Å²) in [7, 11) is 6.40. The third-order valence-corrected chi connectivity index (χ3v) is 4.18. The molecule has 0 radical (unpaired) electrons. The van der Waals surface area contributed by atoms with Crippen LogP contribution in [0.4, 0.5) is 5.69 Å². The lowest BCUT2D eigenvalue weighted by Crippen LogP contribution is -2.23. The van der Waals surface area contributed by atoms with Crippen molar-refractivity contribution in [2.45, 2.75) is 26.8 Å². The molecule has 0 spiro atoms. The summed E-state index contributed by atoms with van der Waals surface area (Å²) >= 11 is 3.70. The molecule has 0 heterocycles. The third-order valence-electron chi connectivity index (χ3n) is 3.44. The highest BCUT2D eigenvalue weighted by molar-refractivity contribution is 9.10. The lowest BCUT2D eigenvalue weighted by atomic mass is 10.1. The van der Waals surface area contributed by atoms with Crippen molar-refractivity contribution in [3.63, 3.8) is 0 Å². The van der Waals surface area contributed by atoms with Crippen LogP contribution in [0.1, 0.15) is 25.8 Å². The molecule has 0 unspecified atom stereocenters. The van der Waals surface area contributed by atoms with Gasteiger partial charge in [0.1, 0.15) is 0 Å². The maximum Gasteiger partial charge on any atom is 0.0375 e. The minimum absolute atomic E-state index is 0.686. The van der Waals surface area contributed by atoms with E-state index in [0.29, 0.717) is 5.92 Å². The van der Waals surface area contributed by atoms with Gasteiger partial charge in [0.05, 0.1) is 0 Å². The van der Waals surface area contributed by atoms with Crippen LogP contribution in [0.2, 0.25) is 0 Å². The van der Waals surface area contributed by atoms with Crippen molar-refractivity contribution < 1.29 is 0 Å². The van der Waals surface area contributed by atoms with Crippen LogP contribution >= 0.6 is 15.9 Å². The largest absolute Gasteiger partial charge is 0.375 e. The van der Waals surface area contributed by atoms with Crippen molar-refractivity contribution in [1.82, 2.24) is 10.2 Å². The fraction of sp³-hybridized carbons (Fsp3) is 0.647. The summed E-state index contributed by atoms with van der Waals surface area (Å²) in [5.74, 6) is 0.686. The zero-order chi connectivity index (χ0) is 15.8. The van der Waals surface area contributed by atoms with Gasteiger partial charge in [-0.3, -0.25) is 0 Å². The molecule has 21 heavy (non-hydrogen) atoms. The fourth-order valence-electron chi connectivity index (χ4n) is 2.17. The molecule has 1 N–H and O–H groups in total. The number of nitrogens with one attached hydrogen (secondary N) is 1. The first-order chi connectivity index (χ1) is 9.90. The lowest BCUT2D eigenvalue weighted by Gasteiger charge is -2.21. The second kappa shape index (κ2) is 9.44. The van der Waals surface area contributed by atoms with Gasteiger partial charge in [-0.2, -0.15) is 0 Å². The Bertz CT molecular complexity index is 418.